The topological polar surface area (TPSA) is 59.0 Å². The summed E-state index contributed by atoms with van der Waals surface area (Å²) in [7, 11) is 0. The predicted molar refractivity (Wildman–Crippen MR) is 87.9 cm³/mol. The van der Waals surface area contributed by atoms with E-state index < -0.39 is 6.10 Å². The van der Waals surface area contributed by atoms with Gasteiger partial charge in [-0.25, -0.2) is 0 Å². The molecule has 0 spiro atoms. The van der Waals surface area contributed by atoms with Crippen LogP contribution in [0.1, 0.15) is 31.1 Å². The van der Waals surface area contributed by atoms with Crippen molar-refractivity contribution in [1.29, 1.82) is 0 Å². The molecule has 0 bridgehead atoms. The van der Waals surface area contributed by atoms with Crippen molar-refractivity contribution in [2.45, 2.75) is 40.0 Å². The highest BCUT2D eigenvalue weighted by Gasteiger charge is 2.16. The summed E-state index contributed by atoms with van der Waals surface area (Å²) in [6, 6.07) is 7.71. The fourth-order valence-corrected chi connectivity index (χ4v) is 2.39. The summed E-state index contributed by atoms with van der Waals surface area (Å²) in [5, 5.41) is 10.2. The molecular weight excluding hydrogens is 294 g/mol. The van der Waals surface area contributed by atoms with E-state index in [1.807, 2.05) is 31.2 Å². The van der Waals surface area contributed by atoms with Crippen molar-refractivity contribution < 1.29 is 18.7 Å². The molecular formula is C18H27NO4. The van der Waals surface area contributed by atoms with Crippen LogP contribution in [0.25, 0.3) is 0 Å². The summed E-state index contributed by atoms with van der Waals surface area (Å²) < 4.78 is 16.6. The summed E-state index contributed by atoms with van der Waals surface area (Å²) in [6.45, 7) is 8.84. The van der Waals surface area contributed by atoms with Crippen LogP contribution in [0.15, 0.2) is 39.4 Å². The Balaban J connectivity index is 1.89. The molecule has 2 aromatic heterocycles. The minimum Gasteiger partial charge on any atom is -0.468 e. The number of rotatable bonds is 10. The van der Waals surface area contributed by atoms with Gasteiger partial charge in [0, 0.05) is 13.2 Å². The monoisotopic (exact) mass is 321 g/mol. The molecule has 0 saturated carbocycles. The zero-order valence-electron chi connectivity index (χ0n) is 14.2. The third kappa shape index (κ3) is 6.60. The maximum atomic E-state index is 10.2. The lowest BCUT2D eigenvalue weighted by Gasteiger charge is -2.23. The molecule has 1 N–H and O–H groups in total. The highest BCUT2D eigenvalue weighted by molar-refractivity contribution is 5.06. The van der Waals surface area contributed by atoms with Crippen LogP contribution < -0.4 is 0 Å². The summed E-state index contributed by atoms with van der Waals surface area (Å²) >= 11 is 0. The van der Waals surface area contributed by atoms with Gasteiger partial charge in [0.15, 0.2) is 0 Å². The van der Waals surface area contributed by atoms with Gasteiger partial charge in [0.2, 0.25) is 0 Å². The highest BCUT2D eigenvalue weighted by atomic mass is 16.5. The van der Waals surface area contributed by atoms with Gasteiger partial charge in [0.1, 0.15) is 17.3 Å². The highest BCUT2D eigenvalue weighted by Crippen LogP contribution is 2.13. The number of furan rings is 2. The van der Waals surface area contributed by atoms with Gasteiger partial charge in [-0.3, -0.25) is 4.90 Å². The molecule has 0 amide bonds. The van der Waals surface area contributed by atoms with Crippen LogP contribution in [-0.2, 0) is 17.8 Å². The van der Waals surface area contributed by atoms with Gasteiger partial charge in [-0.15, -0.1) is 0 Å². The summed E-state index contributed by atoms with van der Waals surface area (Å²) in [6.07, 6.45) is 1.12. The van der Waals surface area contributed by atoms with Crippen molar-refractivity contribution in [2.24, 2.45) is 5.92 Å². The lowest BCUT2D eigenvalue weighted by molar-refractivity contribution is 0.00359. The maximum Gasteiger partial charge on any atom is 0.118 e. The second kappa shape index (κ2) is 8.91. The SMILES string of the molecule is Cc1ccc(CN(Cc2ccco2)C[C@@H](O)COCC(C)C)o1. The molecule has 5 heteroatoms. The Labute approximate surface area is 137 Å². The van der Waals surface area contributed by atoms with Crippen LogP contribution in [0.2, 0.25) is 0 Å². The Morgan fingerprint density at radius 2 is 1.91 bits per heavy atom. The van der Waals surface area contributed by atoms with Crippen LogP contribution in [0.4, 0.5) is 0 Å². The number of hydrogen-bond donors (Lipinski definition) is 1. The van der Waals surface area contributed by atoms with Crippen molar-refractivity contribution >= 4 is 0 Å². The fourth-order valence-electron chi connectivity index (χ4n) is 2.39. The van der Waals surface area contributed by atoms with Gasteiger partial charge in [0.25, 0.3) is 0 Å². The van der Waals surface area contributed by atoms with E-state index in [4.69, 9.17) is 13.6 Å². The molecule has 0 aliphatic heterocycles. The number of aliphatic hydroxyl groups excluding tert-OH is 1. The quantitative estimate of drug-likeness (QED) is 0.728. The first-order valence-electron chi connectivity index (χ1n) is 8.08. The van der Waals surface area contributed by atoms with Gasteiger partial charge in [-0.05, 0) is 37.1 Å². The van der Waals surface area contributed by atoms with Crippen molar-refractivity contribution in [3.63, 3.8) is 0 Å². The van der Waals surface area contributed by atoms with Crippen molar-refractivity contribution in [3.05, 3.63) is 47.8 Å². The zero-order valence-corrected chi connectivity index (χ0v) is 14.2. The minimum absolute atomic E-state index is 0.337. The lowest BCUT2D eigenvalue weighted by atomic mass is 10.2. The van der Waals surface area contributed by atoms with E-state index in [1.54, 1.807) is 6.26 Å². The molecule has 23 heavy (non-hydrogen) atoms. The molecule has 0 unspecified atom stereocenters. The lowest BCUT2D eigenvalue weighted by Crippen LogP contribution is -2.34. The van der Waals surface area contributed by atoms with Crippen LogP contribution in [0.3, 0.4) is 0 Å². The zero-order chi connectivity index (χ0) is 16.7. The summed E-state index contributed by atoms with van der Waals surface area (Å²) in [5.74, 6) is 3.10. The Bertz CT molecular complexity index is 547. The largest absolute Gasteiger partial charge is 0.468 e. The number of hydrogen-bond acceptors (Lipinski definition) is 5. The third-order valence-corrected chi connectivity index (χ3v) is 3.37. The number of nitrogens with zero attached hydrogens (tertiary/aromatic N) is 1. The first-order valence-corrected chi connectivity index (χ1v) is 8.08. The molecule has 2 heterocycles. The first kappa shape index (κ1) is 17.8. The van der Waals surface area contributed by atoms with Crippen LogP contribution in [-0.4, -0.2) is 35.9 Å². The Morgan fingerprint density at radius 1 is 1.13 bits per heavy atom. The van der Waals surface area contributed by atoms with Crippen molar-refractivity contribution in [2.75, 3.05) is 19.8 Å². The number of aryl methyl sites for hydroxylation is 1. The molecule has 2 aromatic rings. The third-order valence-electron chi connectivity index (χ3n) is 3.37. The second-order valence-corrected chi connectivity index (χ2v) is 6.35. The normalized spacial score (nSPS) is 13.1. The predicted octanol–water partition coefficient (Wildman–Crippen LogP) is 3.22. The van der Waals surface area contributed by atoms with Crippen LogP contribution >= 0.6 is 0 Å². The number of ether oxygens (including phenoxy) is 1. The van der Waals surface area contributed by atoms with E-state index in [0.29, 0.717) is 38.8 Å². The van der Waals surface area contributed by atoms with E-state index in [-0.39, 0.29) is 0 Å². The van der Waals surface area contributed by atoms with Crippen LogP contribution in [0, 0.1) is 12.8 Å². The smallest absolute Gasteiger partial charge is 0.118 e. The van der Waals surface area contributed by atoms with E-state index in [2.05, 4.69) is 18.7 Å². The minimum atomic E-state index is -0.542. The molecule has 0 aromatic carbocycles. The molecule has 1 atom stereocenters. The Hall–Kier alpha value is -1.56. The number of aliphatic hydroxyl groups is 1. The molecule has 128 valence electrons. The Morgan fingerprint density at radius 3 is 2.52 bits per heavy atom. The van der Waals surface area contributed by atoms with E-state index in [0.717, 1.165) is 17.3 Å². The molecule has 0 aliphatic rings. The Kier molecular flexibility index (Phi) is 6.89. The average molecular weight is 321 g/mol. The fraction of sp³-hybridized carbons (Fsp3) is 0.556. The van der Waals surface area contributed by atoms with Crippen molar-refractivity contribution in [1.82, 2.24) is 4.90 Å². The summed E-state index contributed by atoms with van der Waals surface area (Å²) in [4.78, 5) is 2.10. The van der Waals surface area contributed by atoms with Gasteiger partial charge >= 0.3 is 0 Å². The molecule has 5 nitrogen and oxygen atoms in total. The van der Waals surface area contributed by atoms with Gasteiger partial charge in [-0.2, -0.15) is 0 Å². The molecule has 0 radical (unpaired) electrons. The van der Waals surface area contributed by atoms with E-state index in [9.17, 15) is 5.11 Å². The molecule has 0 fully saturated rings. The summed E-state index contributed by atoms with van der Waals surface area (Å²) in [5.41, 5.74) is 0. The van der Waals surface area contributed by atoms with Gasteiger partial charge < -0.3 is 18.7 Å². The van der Waals surface area contributed by atoms with Crippen molar-refractivity contribution in [3.8, 4) is 0 Å². The second-order valence-electron chi connectivity index (χ2n) is 6.35. The van der Waals surface area contributed by atoms with Crippen LogP contribution in [0.5, 0.6) is 0 Å². The van der Waals surface area contributed by atoms with E-state index in [1.165, 1.54) is 0 Å². The maximum absolute atomic E-state index is 10.2. The first-order chi connectivity index (χ1) is 11.0. The molecule has 2 rings (SSSR count). The molecule has 0 aliphatic carbocycles. The van der Waals surface area contributed by atoms with E-state index >= 15 is 0 Å². The van der Waals surface area contributed by atoms with Gasteiger partial charge in [-0.1, -0.05) is 13.8 Å². The van der Waals surface area contributed by atoms with Gasteiger partial charge in [0.05, 0.1) is 32.1 Å². The standard InChI is InChI=1S/C18H27NO4/c1-14(2)12-21-13-16(20)9-19(10-17-5-4-8-22-17)11-18-7-6-15(3)23-18/h4-8,14,16,20H,9-13H2,1-3H3/t16-/m1/s1. The average Bonchev–Trinajstić information content (AvgIpc) is 3.10. The molecule has 0 saturated heterocycles.